The van der Waals surface area contributed by atoms with E-state index in [0.29, 0.717) is 22.8 Å². The van der Waals surface area contributed by atoms with E-state index in [2.05, 4.69) is 31.4 Å². The molecule has 0 saturated carbocycles. The molecule has 4 aromatic carbocycles. The van der Waals surface area contributed by atoms with Crippen molar-refractivity contribution in [1.29, 1.82) is 0 Å². The van der Waals surface area contributed by atoms with Gasteiger partial charge in [0.2, 0.25) is 0 Å². The predicted molar refractivity (Wildman–Crippen MR) is 160 cm³/mol. The standard InChI is InChI=1S/C33H33ClN2O4/c1-33(2,3)21-35-28-18-17-24(34)20-27(28)31(37)36-29(32(38)39)19-22-13-15-23(16-14-22)26-11-7-8-12-30(26)40-25-9-5-4-6-10-25/h4-18,20,29,35H,19,21H2,1-3H3,(H,36,37)(H,38,39). The number of carbonyl (C=O) groups is 2. The number of carboxylic acid groups (broad SMARTS) is 1. The Bertz CT molecular complexity index is 1460. The largest absolute Gasteiger partial charge is 0.480 e. The zero-order valence-corrected chi connectivity index (χ0v) is 23.5. The first kappa shape index (κ1) is 28.7. The molecule has 4 rings (SSSR count). The Labute approximate surface area is 240 Å². The van der Waals surface area contributed by atoms with Crippen molar-refractivity contribution < 1.29 is 19.4 Å². The fourth-order valence-corrected chi connectivity index (χ4v) is 4.29. The van der Waals surface area contributed by atoms with Crippen LogP contribution in [0.15, 0.2) is 97.1 Å². The summed E-state index contributed by atoms with van der Waals surface area (Å²) in [6.07, 6.45) is 0.120. The Hall–Kier alpha value is -4.29. The maximum atomic E-state index is 13.2. The second kappa shape index (κ2) is 12.7. The fourth-order valence-electron chi connectivity index (χ4n) is 4.12. The summed E-state index contributed by atoms with van der Waals surface area (Å²) in [5.41, 5.74) is 3.50. The highest BCUT2D eigenvalue weighted by Crippen LogP contribution is 2.33. The summed E-state index contributed by atoms with van der Waals surface area (Å²) in [5, 5.41) is 16.2. The molecule has 0 heterocycles. The fraction of sp³-hybridized carbons (Fsp3) is 0.212. The van der Waals surface area contributed by atoms with Crippen molar-refractivity contribution in [2.45, 2.75) is 33.2 Å². The Morgan fingerprint density at radius 1 is 0.900 bits per heavy atom. The van der Waals surface area contributed by atoms with Crippen LogP contribution in [0.3, 0.4) is 0 Å². The molecule has 0 bridgehead atoms. The van der Waals surface area contributed by atoms with E-state index < -0.39 is 17.9 Å². The van der Waals surface area contributed by atoms with E-state index in [-0.39, 0.29) is 11.8 Å². The van der Waals surface area contributed by atoms with Gasteiger partial charge in [0.05, 0.1) is 5.56 Å². The van der Waals surface area contributed by atoms with Crippen LogP contribution in [0.4, 0.5) is 5.69 Å². The summed E-state index contributed by atoms with van der Waals surface area (Å²) in [5.74, 6) is -0.169. The number of amides is 1. The van der Waals surface area contributed by atoms with Gasteiger partial charge in [-0.3, -0.25) is 4.79 Å². The van der Waals surface area contributed by atoms with Crippen LogP contribution in [0.5, 0.6) is 11.5 Å². The molecule has 4 aromatic rings. The van der Waals surface area contributed by atoms with Crippen LogP contribution in [0.25, 0.3) is 11.1 Å². The minimum atomic E-state index is -1.12. The molecule has 0 aliphatic heterocycles. The van der Waals surface area contributed by atoms with Crippen molar-refractivity contribution in [3.05, 3.63) is 113 Å². The third kappa shape index (κ3) is 7.87. The van der Waals surface area contributed by atoms with Gasteiger partial charge in [-0.25, -0.2) is 4.79 Å². The Morgan fingerprint density at radius 3 is 2.25 bits per heavy atom. The second-order valence-corrected chi connectivity index (χ2v) is 11.2. The number of ether oxygens (including phenoxy) is 1. The summed E-state index contributed by atoms with van der Waals surface area (Å²) in [7, 11) is 0. The molecule has 0 radical (unpaired) electrons. The molecule has 0 aliphatic rings. The van der Waals surface area contributed by atoms with Gasteiger partial charge < -0.3 is 20.5 Å². The lowest BCUT2D eigenvalue weighted by Gasteiger charge is -2.22. The average molecular weight is 557 g/mol. The lowest BCUT2D eigenvalue weighted by Crippen LogP contribution is -2.42. The van der Waals surface area contributed by atoms with E-state index in [1.165, 1.54) is 0 Å². The van der Waals surface area contributed by atoms with Crippen molar-refractivity contribution >= 4 is 29.2 Å². The van der Waals surface area contributed by atoms with Gasteiger partial charge >= 0.3 is 5.97 Å². The number of rotatable bonds is 10. The molecule has 1 atom stereocenters. The highest BCUT2D eigenvalue weighted by molar-refractivity contribution is 6.31. The summed E-state index contributed by atoms with van der Waals surface area (Å²) in [6, 6.07) is 28.7. The summed E-state index contributed by atoms with van der Waals surface area (Å²) in [4.78, 5) is 25.3. The van der Waals surface area contributed by atoms with Gasteiger partial charge in [0.1, 0.15) is 17.5 Å². The van der Waals surface area contributed by atoms with Gasteiger partial charge in [-0.15, -0.1) is 0 Å². The van der Waals surface area contributed by atoms with Crippen LogP contribution >= 0.6 is 11.6 Å². The highest BCUT2D eigenvalue weighted by Gasteiger charge is 2.23. The predicted octanol–water partition coefficient (Wildman–Crippen LogP) is 7.68. The lowest BCUT2D eigenvalue weighted by atomic mass is 9.96. The Balaban J connectivity index is 1.49. The van der Waals surface area contributed by atoms with Gasteiger partial charge in [-0.1, -0.05) is 93.0 Å². The third-order valence-corrected chi connectivity index (χ3v) is 6.44. The molecule has 1 unspecified atom stereocenters. The first-order chi connectivity index (χ1) is 19.1. The average Bonchev–Trinajstić information content (AvgIpc) is 2.93. The van der Waals surface area contributed by atoms with Gasteiger partial charge in [0.25, 0.3) is 5.91 Å². The van der Waals surface area contributed by atoms with Crippen molar-refractivity contribution in [3.63, 3.8) is 0 Å². The number of aliphatic carboxylic acids is 1. The molecule has 0 aliphatic carbocycles. The lowest BCUT2D eigenvalue weighted by molar-refractivity contribution is -0.139. The SMILES string of the molecule is CC(C)(C)CNc1ccc(Cl)cc1C(=O)NC(Cc1ccc(-c2ccccc2Oc2ccccc2)cc1)C(=O)O. The van der Waals surface area contributed by atoms with Gasteiger partial charge in [-0.05, 0) is 52.9 Å². The second-order valence-electron chi connectivity index (χ2n) is 10.8. The molecule has 0 aromatic heterocycles. The molecular formula is C33H33ClN2O4. The van der Waals surface area contributed by atoms with E-state index in [1.54, 1.807) is 18.2 Å². The van der Waals surface area contributed by atoms with Crippen molar-refractivity contribution in [2.75, 3.05) is 11.9 Å². The van der Waals surface area contributed by atoms with E-state index in [4.69, 9.17) is 16.3 Å². The van der Waals surface area contributed by atoms with Crippen LogP contribution in [-0.2, 0) is 11.2 Å². The Kier molecular flexibility index (Phi) is 9.12. The molecule has 206 valence electrons. The van der Waals surface area contributed by atoms with Crippen molar-refractivity contribution in [2.24, 2.45) is 5.41 Å². The number of anilines is 1. The topological polar surface area (TPSA) is 87.7 Å². The van der Waals surface area contributed by atoms with E-state index in [0.717, 1.165) is 28.2 Å². The normalized spacial score (nSPS) is 11.9. The molecule has 6 nitrogen and oxygen atoms in total. The highest BCUT2D eigenvalue weighted by atomic mass is 35.5. The third-order valence-electron chi connectivity index (χ3n) is 6.20. The molecule has 3 N–H and O–H groups in total. The summed E-state index contributed by atoms with van der Waals surface area (Å²) >= 11 is 6.17. The molecule has 0 saturated heterocycles. The first-order valence-electron chi connectivity index (χ1n) is 13.1. The minimum Gasteiger partial charge on any atom is -0.480 e. The number of benzene rings is 4. The number of carbonyl (C=O) groups excluding carboxylic acids is 1. The maximum Gasteiger partial charge on any atom is 0.326 e. The smallest absolute Gasteiger partial charge is 0.326 e. The van der Waals surface area contributed by atoms with Crippen LogP contribution in [-0.4, -0.2) is 29.6 Å². The van der Waals surface area contributed by atoms with Gasteiger partial charge in [-0.2, -0.15) is 0 Å². The van der Waals surface area contributed by atoms with Crippen LogP contribution in [0.1, 0.15) is 36.7 Å². The molecule has 7 heteroatoms. The maximum absolute atomic E-state index is 13.2. The number of halogens is 1. The number of hydrogen-bond acceptors (Lipinski definition) is 4. The van der Waals surface area contributed by atoms with Crippen LogP contribution in [0.2, 0.25) is 5.02 Å². The van der Waals surface area contributed by atoms with E-state index in [1.807, 2.05) is 78.9 Å². The van der Waals surface area contributed by atoms with E-state index in [9.17, 15) is 14.7 Å². The molecule has 0 fully saturated rings. The van der Waals surface area contributed by atoms with Crippen LogP contribution < -0.4 is 15.4 Å². The van der Waals surface area contributed by atoms with Crippen molar-refractivity contribution in [1.82, 2.24) is 5.32 Å². The molecule has 40 heavy (non-hydrogen) atoms. The summed E-state index contributed by atoms with van der Waals surface area (Å²) < 4.78 is 6.09. The van der Waals surface area contributed by atoms with Gasteiger partial charge in [0.15, 0.2) is 0 Å². The van der Waals surface area contributed by atoms with Crippen molar-refractivity contribution in [3.8, 4) is 22.6 Å². The zero-order valence-electron chi connectivity index (χ0n) is 22.8. The quantitative estimate of drug-likeness (QED) is 0.186. The molecular weight excluding hydrogens is 524 g/mol. The number of para-hydroxylation sites is 2. The van der Waals surface area contributed by atoms with Crippen LogP contribution in [0, 0.1) is 5.41 Å². The summed E-state index contributed by atoms with van der Waals surface area (Å²) in [6.45, 7) is 6.87. The molecule has 0 spiro atoms. The monoisotopic (exact) mass is 556 g/mol. The zero-order chi connectivity index (χ0) is 28.7. The first-order valence-corrected chi connectivity index (χ1v) is 13.5. The number of nitrogens with one attached hydrogen (secondary N) is 2. The number of hydrogen-bond donors (Lipinski definition) is 3. The number of carboxylic acids is 1. The minimum absolute atomic E-state index is 0.0165. The Morgan fingerprint density at radius 2 is 1.57 bits per heavy atom. The molecule has 1 amide bonds. The van der Waals surface area contributed by atoms with Gasteiger partial charge in [0, 0.05) is 29.2 Å². The van der Waals surface area contributed by atoms with E-state index >= 15 is 0 Å².